The Morgan fingerprint density at radius 2 is 2.07 bits per heavy atom. The molecule has 5 nitrogen and oxygen atoms in total. The molecule has 7 rings (SSSR count). The molecule has 2 spiro atoms. The largest absolute Gasteiger partial charge is 0.483 e. The van der Waals surface area contributed by atoms with Crippen molar-refractivity contribution in [1.29, 1.82) is 0 Å². The van der Waals surface area contributed by atoms with E-state index in [2.05, 4.69) is 54.9 Å². The molecule has 0 unspecified atom stereocenters. The fourth-order valence-electron chi connectivity index (χ4n) is 6.99. The zero-order chi connectivity index (χ0) is 19.5. The number of nitrogens with zero attached hydrogens (tertiary/aromatic N) is 2. The van der Waals surface area contributed by atoms with Gasteiger partial charge in [-0.2, -0.15) is 0 Å². The van der Waals surface area contributed by atoms with E-state index >= 15 is 0 Å². The number of hydrogen-bond donors (Lipinski definition) is 1. The van der Waals surface area contributed by atoms with Crippen molar-refractivity contribution in [2.75, 3.05) is 13.7 Å². The number of fused-ring (bicyclic) bond motifs is 3. The number of piperidine rings is 1. The van der Waals surface area contributed by atoms with Crippen LogP contribution in [-0.4, -0.2) is 46.4 Å². The lowest BCUT2D eigenvalue weighted by Crippen LogP contribution is -2.77. The summed E-state index contributed by atoms with van der Waals surface area (Å²) in [6, 6.07) is 8.44. The van der Waals surface area contributed by atoms with Crippen molar-refractivity contribution < 1.29 is 9.53 Å². The van der Waals surface area contributed by atoms with Crippen LogP contribution >= 0.6 is 0 Å². The standard InChI is InChI=1S/C23H27N3O2/c1-13-9-10-26-20(27)22-11-15-14-7-5-6-8-16(14)24-18(15)21(2,3)17(22)12-23(13,26)19(25-22)28-4/h5-8,13,17,24H,9-12H2,1-4H3/t13-,17+,22+,23-/m0/s1. The molecule has 5 heteroatoms. The number of H-pyrrole nitrogens is 1. The zero-order valence-electron chi connectivity index (χ0n) is 17.0. The molecule has 1 aromatic carbocycles. The van der Waals surface area contributed by atoms with Crippen LogP contribution in [0.2, 0.25) is 0 Å². The third kappa shape index (κ3) is 1.55. The number of aromatic amines is 1. The van der Waals surface area contributed by atoms with Gasteiger partial charge < -0.3 is 14.6 Å². The minimum atomic E-state index is -0.737. The molecule has 2 fully saturated rings. The number of carbonyl (C=O) groups is 1. The van der Waals surface area contributed by atoms with Gasteiger partial charge in [0.25, 0.3) is 5.91 Å². The molecule has 1 aliphatic carbocycles. The number of aromatic nitrogens is 1. The van der Waals surface area contributed by atoms with E-state index in [1.165, 1.54) is 16.6 Å². The van der Waals surface area contributed by atoms with Crippen LogP contribution in [0, 0.1) is 11.8 Å². The number of rotatable bonds is 0. The van der Waals surface area contributed by atoms with Gasteiger partial charge in [0.1, 0.15) is 5.54 Å². The number of methoxy groups -OCH3 is 1. The van der Waals surface area contributed by atoms with Crippen molar-refractivity contribution in [3.8, 4) is 0 Å². The van der Waals surface area contributed by atoms with Gasteiger partial charge in [-0.1, -0.05) is 39.0 Å². The third-order valence-corrected chi connectivity index (χ3v) is 8.43. The van der Waals surface area contributed by atoms with Gasteiger partial charge in [-0.3, -0.25) is 4.79 Å². The third-order valence-electron chi connectivity index (χ3n) is 8.43. The Hall–Kier alpha value is -2.30. The summed E-state index contributed by atoms with van der Waals surface area (Å²) in [5, 5.41) is 1.22. The van der Waals surface area contributed by atoms with E-state index in [1.54, 1.807) is 7.11 Å². The van der Waals surface area contributed by atoms with Gasteiger partial charge in [0.2, 0.25) is 5.90 Å². The number of aliphatic imine (C=N–C) groups is 1. The molecule has 1 aromatic heterocycles. The highest BCUT2D eigenvalue weighted by atomic mass is 16.5. The zero-order valence-corrected chi connectivity index (χ0v) is 17.0. The molecule has 1 amide bonds. The average Bonchev–Trinajstić information content (AvgIpc) is 3.22. The predicted molar refractivity (Wildman–Crippen MR) is 109 cm³/mol. The van der Waals surface area contributed by atoms with Crippen molar-refractivity contribution in [2.45, 2.75) is 56.5 Å². The van der Waals surface area contributed by atoms with Crippen LogP contribution in [0.25, 0.3) is 10.9 Å². The van der Waals surface area contributed by atoms with Gasteiger partial charge in [0, 0.05) is 40.9 Å². The van der Waals surface area contributed by atoms with E-state index in [4.69, 9.17) is 9.73 Å². The molecule has 5 heterocycles. The van der Waals surface area contributed by atoms with Crippen LogP contribution in [-0.2, 0) is 21.4 Å². The fraction of sp³-hybridized carbons (Fsp3) is 0.565. The monoisotopic (exact) mass is 377 g/mol. The van der Waals surface area contributed by atoms with Gasteiger partial charge in [-0.05, 0) is 30.4 Å². The highest BCUT2D eigenvalue weighted by molar-refractivity contribution is 6.04. The highest BCUT2D eigenvalue weighted by Gasteiger charge is 2.73. The summed E-state index contributed by atoms with van der Waals surface area (Å²) >= 11 is 0. The van der Waals surface area contributed by atoms with E-state index in [1.807, 2.05) is 0 Å². The van der Waals surface area contributed by atoms with E-state index in [-0.39, 0.29) is 22.8 Å². The van der Waals surface area contributed by atoms with Crippen LogP contribution in [0.15, 0.2) is 29.3 Å². The van der Waals surface area contributed by atoms with Crippen LogP contribution in [0.5, 0.6) is 0 Å². The van der Waals surface area contributed by atoms with Crippen molar-refractivity contribution >= 4 is 22.7 Å². The normalized spacial score (nSPS) is 37.5. The summed E-state index contributed by atoms with van der Waals surface area (Å²) in [6.45, 7) is 7.66. The topological polar surface area (TPSA) is 57.7 Å². The molecule has 0 saturated carbocycles. The van der Waals surface area contributed by atoms with Gasteiger partial charge in [0.15, 0.2) is 5.54 Å². The first-order valence-electron chi connectivity index (χ1n) is 10.4. The van der Waals surface area contributed by atoms with Gasteiger partial charge in [0.05, 0.1) is 7.11 Å². The average molecular weight is 377 g/mol. The lowest BCUT2D eigenvalue weighted by molar-refractivity contribution is -0.156. The molecule has 0 radical (unpaired) electrons. The van der Waals surface area contributed by atoms with Crippen molar-refractivity contribution in [1.82, 2.24) is 9.88 Å². The Morgan fingerprint density at radius 3 is 2.86 bits per heavy atom. The number of para-hydroxylation sites is 1. The quantitative estimate of drug-likeness (QED) is 0.765. The van der Waals surface area contributed by atoms with Crippen LogP contribution in [0.4, 0.5) is 0 Å². The van der Waals surface area contributed by atoms with Crippen LogP contribution in [0.1, 0.15) is 44.9 Å². The van der Waals surface area contributed by atoms with Gasteiger partial charge in [-0.25, -0.2) is 4.99 Å². The Bertz CT molecular complexity index is 1070. The van der Waals surface area contributed by atoms with Crippen molar-refractivity contribution in [3.05, 3.63) is 35.5 Å². The summed E-state index contributed by atoms with van der Waals surface area (Å²) in [4.78, 5) is 24.9. The number of hydrogen-bond acceptors (Lipinski definition) is 3. The maximum Gasteiger partial charge on any atom is 0.252 e. The lowest BCUT2D eigenvalue weighted by Gasteiger charge is -2.62. The first-order chi connectivity index (χ1) is 13.4. The maximum absolute atomic E-state index is 13.9. The van der Waals surface area contributed by atoms with Crippen molar-refractivity contribution in [3.63, 3.8) is 0 Å². The number of amides is 1. The first-order valence-corrected chi connectivity index (χ1v) is 10.4. The second-order valence-electron chi connectivity index (χ2n) is 9.80. The molecule has 5 aliphatic rings. The number of ether oxygens (including phenoxy) is 1. The predicted octanol–water partition coefficient (Wildman–Crippen LogP) is 3.43. The molecule has 4 atom stereocenters. The van der Waals surface area contributed by atoms with Gasteiger partial charge >= 0.3 is 0 Å². The molecule has 28 heavy (non-hydrogen) atoms. The Morgan fingerprint density at radius 1 is 1.29 bits per heavy atom. The number of carbonyl (C=O) groups excluding carboxylic acids is 1. The van der Waals surface area contributed by atoms with Gasteiger partial charge in [-0.15, -0.1) is 0 Å². The molecule has 2 bridgehead atoms. The second kappa shape index (κ2) is 4.81. The summed E-state index contributed by atoms with van der Waals surface area (Å²) in [5.41, 5.74) is 2.43. The molecule has 4 aliphatic heterocycles. The van der Waals surface area contributed by atoms with E-state index < -0.39 is 5.54 Å². The Balaban J connectivity index is 1.66. The molecule has 146 valence electrons. The molecule has 1 N–H and O–H groups in total. The maximum atomic E-state index is 13.9. The van der Waals surface area contributed by atoms with E-state index in [0.29, 0.717) is 12.3 Å². The van der Waals surface area contributed by atoms with Crippen LogP contribution in [0.3, 0.4) is 0 Å². The van der Waals surface area contributed by atoms with Crippen LogP contribution < -0.4 is 0 Å². The minimum Gasteiger partial charge on any atom is -0.483 e. The van der Waals surface area contributed by atoms with Crippen molar-refractivity contribution in [2.24, 2.45) is 16.8 Å². The molecule has 2 aromatic rings. The highest BCUT2D eigenvalue weighted by Crippen LogP contribution is 2.62. The summed E-state index contributed by atoms with van der Waals surface area (Å²) < 4.78 is 5.87. The Labute approximate surface area is 165 Å². The second-order valence-corrected chi connectivity index (χ2v) is 9.80. The SMILES string of the molecule is COC1=N[C@]23Cc4c([nH]c5ccccc45)C(C)(C)[C@H]2C[C@]12[C@@H](C)CCN2C3=O. The van der Waals surface area contributed by atoms with E-state index in [0.717, 1.165) is 30.8 Å². The molecular weight excluding hydrogens is 350 g/mol. The first kappa shape index (κ1) is 16.6. The summed E-state index contributed by atoms with van der Waals surface area (Å²) in [5.74, 6) is 1.54. The summed E-state index contributed by atoms with van der Waals surface area (Å²) in [7, 11) is 1.72. The Kier molecular flexibility index (Phi) is 2.86. The van der Waals surface area contributed by atoms with E-state index in [9.17, 15) is 4.79 Å². The minimum absolute atomic E-state index is 0.160. The number of benzene rings is 1. The summed E-state index contributed by atoms with van der Waals surface area (Å²) in [6.07, 6.45) is 2.62. The molecular formula is C23H27N3O2. The lowest BCUT2D eigenvalue weighted by atomic mass is 9.51. The fourth-order valence-corrected chi connectivity index (χ4v) is 6.99. The molecule has 2 saturated heterocycles. The number of nitrogens with one attached hydrogen (secondary N) is 1. The smallest absolute Gasteiger partial charge is 0.252 e.